The maximum absolute atomic E-state index is 12.4. The molecule has 0 aromatic rings. The van der Waals surface area contributed by atoms with Gasteiger partial charge in [-0.1, -0.05) is 20.3 Å². The molecule has 102 valence electrons. The fourth-order valence-corrected chi connectivity index (χ4v) is 3.54. The van der Waals surface area contributed by atoms with Crippen LogP contribution in [0.25, 0.3) is 0 Å². The van der Waals surface area contributed by atoms with Crippen LogP contribution in [0, 0.1) is 11.8 Å². The SMILES string of the molecule is CCC1CCC(N2CC(=O)NC(C)(C)C2=O)C1C. The van der Waals surface area contributed by atoms with E-state index in [2.05, 4.69) is 19.2 Å². The molecule has 2 rings (SSSR count). The van der Waals surface area contributed by atoms with Gasteiger partial charge >= 0.3 is 0 Å². The van der Waals surface area contributed by atoms with Gasteiger partial charge in [0.05, 0.1) is 6.54 Å². The van der Waals surface area contributed by atoms with Crippen LogP contribution in [0.2, 0.25) is 0 Å². The summed E-state index contributed by atoms with van der Waals surface area (Å²) >= 11 is 0. The van der Waals surface area contributed by atoms with Gasteiger partial charge in [-0.25, -0.2) is 0 Å². The summed E-state index contributed by atoms with van der Waals surface area (Å²) in [7, 11) is 0. The lowest BCUT2D eigenvalue weighted by Gasteiger charge is -2.42. The van der Waals surface area contributed by atoms with E-state index in [-0.39, 0.29) is 24.4 Å². The van der Waals surface area contributed by atoms with E-state index in [9.17, 15) is 9.59 Å². The molecule has 1 heterocycles. The maximum Gasteiger partial charge on any atom is 0.248 e. The van der Waals surface area contributed by atoms with Crippen molar-refractivity contribution in [3.8, 4) is 0 Å². The largest absolute Gasteiger partial charge is 0.341 e. The van der Waals surface area contributed by atoms with Crippen LogP contribution in [0.1, 0.15) is 47.0 Å². The number of amides is 2. The van der Waals surface area contributed by atoms with E-state index in [0.29, 0.717) is 11.8 Å². The summed E-state index contributed by atoms with van der Waals surface area (Å²) in [6.45, 7) is 8.23. The molecule has 1 saturated heterocycles. The summed E-state index contributed by atoms with van der Waals surface area (Å²) < 4.78 is 0. The normalized spacial score (nSPS) is 35.8. The van der Waals surface area contributed by atoms with Crippen molar-refractivity contribution in [3.63, 3.8) is 0 Å². The van der Waals surface area contributed by atoms with Crippen LogP contribution >= 0.6 is 0 Å². The molecule has 0 radical (unpaired) electrons. The van der Waals surface area contributed by atoms with Crippen molar-refractivity contribution < 1.29 is 9.59 Å². The number of hydrogen-bond donors (Lipinski definition) is 1. The molecule has 0 bridgehead atoms. The summed E-state index contributed by atoms with van der Waals surface area (Å²) in [6.07, 6.45) is 3.37. The minimum atomic E-state index is -0.751. The number of carbonyl (C=O) groups excluding carboxylic acids is 2. The first-order valence-corrected chi connectivity index (χ1v) is 6.99. The van der Waals surface area contributed by atoms with E-state index < -0.39 is 5.54 Å². The molecule has 0 aromatic carbocycles. The van der Waals surface area contributed by atoms with Gasteiger partial charge in [0.2, 0.25) is 11.8 Å². The van der Waals surface area contributed by atoms with Crippen LogP contribution in [0.15, 0.2) is 0 Å². The Hall–Kier alpha value is -1.06. The average molecular weight is 252 g/mol. The molecular formula is C14H24N2O2. The Bertz CT molecular complexity index is 365. The van der Waals surface area contributed by atoms with Gasteiger partial charge in [0, 0.05) is 6.04 Å². The van der Waals surface area contributed by atoms with Gasteiger partial charge in [0.15, 0.2) is 0 Å². The van der Waals surface area contributed by atoms with E-state index in [4.69, 9.17) is 0 Å². The van der Waals surface area contributed by atoms with Crippen molar-refractivity contribution in [3.05, 3.63) is 0 Å². The van der Waals surface area contributed by atoms with Crippen LogP contribution in [-0.4, -0.2) is 34.8 Å². The van der Waals surface area contributed by atoms with Gasteiger partial charge < -0.3 is 10.2 Å². The molecule has 2 aliphatic rings. The topological polar surface area (TPSA) is 49.4 Å². The predicted octanol–water partition coefficient (Wildman–Crippen LogP) is 1.55. The minimum absolute atomic E-state index is 0.0354. The maximum atomic E-state index is 12.4. The predicted molar refractivity (Wildman–Crippen MR) is 69.9 cm³/mol. The fourth-order valence-electron chi connectivity index (χ4n) is 3.54. The van der Waals surface area contributed by atoms with Gasteiger partial charge in [-0.3, -0.25) is 9.59 Å². The van der Waals surface area contributed by atoms with Crippen LogP contribution < -0.4 is 5.32 Å². The molecule has 2 amide bonds. The second kappa shape index (κ2) is 4.56. The summed E-state index contributed by atoms with van der Waals surface area (Å²) in [5, 5.41) is 2.77. The number of nitrogens with one attached hydrogen (secondary N) is 1. The zero-order chi connectivity index (χ0) is 13.5. The zero-order valence-corrected chi connectivity index (χ0v) is 11.8. The summed E-state index contributed by atoms with van der Waals surface area (Å²) in [5.74, 6) is 1.22. The average Bonchev–Trinajstić information content (AvgIpc) is 2.64. The van der Waals surface area contributed by atoms with Crippen LogP contribution in [0.4, 0.5) is 0 Å². The molecule has 1 aliphatic heterocycles. The summed E-state index contributed by atoms with van der Waals surface area (Å²) in [4.78, 5) is 26.0. The molecule has 4 nitrogen and oxygen atoms in total. The third-order valence-corrected chi connectivity index (χ3v) is 4.67. The summed E-state index contributed by atoms with van der Waals surface area (Å²) in [6, 6.07) is 0.243. The first-order chi connectivity index (χ1) is 8.36. The Morgan fingerprint density at radius 1 is 1.33 bits per heavy atom. The van der Waals surface area contributed by atoms with Crippen molar-refractivity contribution in [2.24, 2.45) is 11.8 Å². The molecule has 18 heavy (non-hydrogen) atoms. The standard InChI is InChI=1S/C14H24N2O2/c1-5-10-6-7-11(9(10)2)16-8-12(17)15-14(3,4)13(16)18/h9-11H,5-8H2,1-4H3,(H,15,17). The lowest BCUT2D eigenvalue weighted by molar-refractivity contribution is -0.151. The molecule has 3 unspecified atom stereocenters. The number of hydrogen-bond acceptors (Lipinski definition) is 2. The number of piperazine rings is 1. The first kappa shape index (κ1) is 13.4. The molecule has 1 N–H and O–H groups in total. The summed E-state index contributed by atoms with van der Waals surface area (Å²) in [5.41, 5.74) is -0.751. The molecular weight excluding hydrogens is 228 g/mol. The van der Waals surface area contributed by atoms with Gasteiger partial charge in [-0.05, 0) is 38.5 Å². The van der Waals surface area contributed by atoms with Gasteiger partial charge in [0.1, 0.15) is 5.54 Å². The molecule has 2 fully saturated rings. The van der Waals surface area contributed by atoms with E-state index in [1.54, 1.807) is 13.8 Å². The highest BCUT2D eigenvalue weighted by Gasteiger charge is 2.45. The van der Waals surface area contributed by atoms with Crippen molar-refractivity contribution in [2.75, 3.05) is 6.54 Å². The van der Waals surface area contributed by atoms with Gasteiger partial charge in [-0.2, -0.15) is 0 Å². The molecule has 1 saturated carbocycles. The van der Waals surface area contributed by atoms with Crippen LogP contribution in [-0.2, 0) is 9.59 Å². The fraction of sp³-hybridized carbons (Fsp3) is 0.857. The second-order valence-corrected chi connectivity index (χ2v) is 6.28. The van der Waals surface area contributed by atoms with Crippen LogP contribution in [0.3, 0.4) is 0 Å². The Morgan fingerprint density at radius 2 is 2.00 bits per heavy atom. The van der Waals surface area contributed by atoms with E-state index >= 15 is 0 Å². The molecule has 3 atom stereocenters. The number of nitrogens with zero attached hydrogens (tertiary/aromatic N) is 1. The Labute approximate surface area is 109 Å². The number of rotatable bonds is 2. The Kier molecular flexibility index (Phi) is 3.39. The van der Waals surface area contributed by atoms with Crippen molar-refractivity contribution in [1.29, 1.82) is 0 Å². The molecule has 1 aliphatic carbocycles. The lowest BCUT2D eigenvalue weighted by Crippen LogP contribution is -2.66. The zero-order valence-electron chi connectivity index (χ0n) is 11.8. The van der Waals surface area contributed by atoms with Crippen molar-refractivity contribution in [1.82, 2.24) is 10.2 Å². The van der Waals surface area contributed by atoms with E-state index in [1.165, 1.54) is 6.42 Å². The van der Waals surface area contributed by atoms with Gasteiger partial charge in [-0.15, -0.1) is 0 Å². The van der Waals surface area contributed by atoms with Crippen LogP contribution in [0.5, 0.6) is 0 Å². The van der Waals surface area contributed by atoms with Crippen molar-refractivity contribution in [2.45, 2.75) is 58.5 Å². The highest BCUT2D eigenvalue weighted by Crippen LogP contribution is 2.38. The molecule has 4 heteroatoms. The Balaban J connectivity index is 2.17. The van der Waals surface area contributed by atoms with Gasteiger partial charge in [0.25, 0.3) is 0 Å². The minimum Gasteiger partial charge on any atom is -0.341 e. The molecule has 0 aromatic heterocycles. The lowest BCUT2D eigenvalue weighted by atomic mass is 9.91. The van der Waals surface area contributed by atoms with Crippen molar-refractivity contribution >= 4 is 11.8 Å². The molecule has 0 spiro atoms. The van der Waals surface area contributed by atoms with E-state index in [1.807, 2.05) is 4.90 Å². The highest BCUT2D eigenvalue weighted by atomic mass is 16.2. The van der Waals surface area contributed by atoms with E-state index in [0.717, 1.165) is 12.8 Å². The second-order valence-electron chi connectivity index (χ2n) is 6.28. The Morgan fingerprint density at radius 3 is 2.56 bits per heavy atom. The third kappa shape index (κ3) is 2.13. The monoisotopic (exact) mass is 252 g/mol. The third-order valence-electron chi connectivity index (χ3n) is 4.67. The quantitative estimate of drug-likeness (QED) is 0.810. The highest BCUT2D eigenvalue weighted by molar-refractivity contribution is 5.97. The smallest absolute Gasteiger partial charge is 0.248 e. The number of carbonyl (C=O) groups is 2. The first-order valence-electron chi connectivity index (χ1n) is 6.99.